The van der Waals surface area contributed by atoms with Gasteiger partial charge in [0.25, 0.3) is 0 Å². The minimum Gasteiger partial charge on any atom is -0.480 e. The van der Waals surface area contributed by atoms with Gasteiger partial charge in [0, 0.05) is 29.5 Å². The number of hydrogen-bond donors (Lipinski definition) is 0. The first-order chi connectivity index (χ1) is 19.0. The van der Waals surface area contributed by atoms with Crippen molar-refractivity contribution in [2.75, 3.05) is 14.2 Å². The summed E-state index contributed by atoms with van der Waals surface area (Å²) in [7, 11) is 2.87. The molecule has 4 heterocycles. The van der Waals surface area contributed by atoms with Crippen molar-refractivity contribution in [3.05, 3.63) is 59.7 Å². The highest BCUT2D eigenvalue weighted by molar-refractivity contribution is 5.83. The average molecular weight is 563 g/mol. The fourth-order valence-corrected chi connectivity index (χ4v) is 4.95. The van der Waals surface area contributed by atoms with Crippen molar-refractivity contribution in [3.8, 4) is 23.1 Å². The molecule has 0 N–H and O–H groups in total. The lowest BCUT2D eigenvalue weighted by atomic mass is 10.0. The number of aromatic nitrogens is 7. The van der Waals surface area contributed by atoms with E-state index < -0.39 is 24.6 Å². The van der Waals surface area contributed by atoms with Crippen LogP contribution in [0.15, 0.2) is 42.9 Å². The van der Waals surface area contributed by atoms with Crippen LogP contribution in [0.4, 0.5) is 26.3 Å². The predicted molar refractivity (Wildman–Crippen MR) is 128 cm³/mol. The molecule has 1 aromatic carbocycles. The molecule has 0 saturated heterocycles. The highest BCUT2D eigenvalue weighted by Gasteiger charge is 2.43. The number of benzene rings is 1. The second-order valence-electron chi connectivity index (χ2n) is 9.30. The molecule has 40 heavy (non-hydrogen) atoms. The van der Waals surface area contributed by atoms with Crippen LogP contribution in [-0.2, 0) is 12.7 Å². The zero-order valence-electron chi connectivity index (χ0n) is 20.8. The Labute approximate surface area is 221 Å². The Kier molecular flexibility index (Phi) is 5.85. The van der Waals surface area contributed by atoms with E-state index in [1.165, 1.54) is 38.6 Å². The van der Waals surface area contributed by atoms with Crippen molar-refractivity contribution in [3.63, 3.8) is 0 Å². The third kappa shape index (κ3) is 4.54. The van der Waals surface area contributed by atoms with Crippen LogP contribution >= 0.6 is 0 Å². The third-order valence-corrected chi connectivity index (χ3v) is 6.76. The van der Waals surface area contributed by atoms with E-state index in [-0.39, 0.29) is 34.6 Å². The summed E-state index contributed by atoms with van der Waals surface area (Å²) in [6, 6.07) is 5.98. The highest BCUT2D eigenvalue weighted by Crippen LogP contribution is 2.56. The molecule has 6 rings (SSSR count). The number of fused-ring (bicyclic) bond motifs is 2. The summed E-state index contributed by atoms with van der Waals surface area (Å²) >= 11 is 0. The van der Waals surface area contributed by atoms with E-state index in [0.29, 0.717) is 33.6 Å². The van der Waals surface area contributed by atoms with Crippen molar-refractivity contribution in [1.29, 1.82) is 0 Å². The maximum Gasteiger partial charge on any atom is 0.435 e. The maximum absolute atomic E-state index is 13.5. The maximum atomic E-state index is 13.5. The molecule has 4 aromatic heterocycles. The van der Waals surface area contributed by atoms with Gasteiger partial charge in [0.15, 0.2) is 11.3 Å². The number of nitrogens with zero attached hydrogens (tertiary/aromatic N) is 7. The predicted octanol–water partition coefficient (Wildman–Crippen LogP) is 5.41. The molecule has 0 bridgehead atoms. The Hall–Kier alpha value is -4.43. The summed E-state index contributed by atoms with van der Waals surface area (Å²) in [5, 5.41) is 7.47. The topological polar surface area (TPSA) is 92.3 Å². The minimum atomic E-state index is -4.90. The zero-order valence-corrected chi connectivity index (χ0v) is 20.8. The Morgan fingerprint density at radius 2 is 1.77 bits per heavy atom. The van der Waals surface area contributed by atoms with E-state index in [4.69, 9.17) is 9.47 Å². The van der Waals surface area contributed by atoms with Gasteiger partial charge >= 0.3 is 18.4 Å². The van der Waals surface area contributed by atoms with Crippen molar-refractivity contribution in [1.82, 2.24) is 34.3 Å². The van der Waals surface area contributed by atoms with Gasteiger partial charge < -0.3 is 9.47 Å². The molecule has 1 aliphatic carbocycles. The van der Waals surface area contributed by atoms with Crippen LogP contribution in [0.5, 0.6) is 11.9 Å². The molecule has 2 atom stereocenters. The first kappa shape index (κ1) is 25.8. The standard InChI is InChI=1S/C25H19F6N7O2/c1-39-22-17(10-33-23(34-22)40-2)18-9-16(21-32-5-6-37(21)35-18)15-8-14(15)12-3-4-13-19(7-12)38(11-24(26,27)28)36-20(13)25(29,30)31/h3-7,9-10,14-15H,8,11H2,1-2H3/t14-,15?/m1/s1. The van der Waals surface area contributed by atoms with Gasteiger partial charge in [-0.25, -0.2) is 14.5 Å². The average Bonchev–Trinajstić information content (AvgIpc) is 3.41. The molecule has 9 nitrogen and oxygen atoms in total. The normalized spacial score (nSPS) is 17.5. The van der Waals surface area contributed by atoms with Gasteiger partial charge in [-0.1, -0.05) is 12.1 Å². The molecule has 0 radical (unpaired) electrons. The van der Waals surface area contributed by atoms with Crippen LogP contribution in [0.1, 0.15) is 35.1 Å². The summed E-state index contributed by atoms with van der Waals surface area (Å²) in [5.41, 5.74) is 1.38. The number of methoxy groups -OCH3 is 2. The molecule has 1 saturated carbocycles. The fraction of sp³-hybridized carbons (Fsp3) is 0.320. The molecule has 1 aliphatic rings. The lowest BCUT2D eigenvalue weighted by Crippen LogP contribution is -2.19. The van der Waals surface area contributed by atoms with E-state index in [9.17, 15) is 26.3 Å². The number of hydrogen-bond acceptors (Lipinski definition) is 7. The van der Waals surface area contributed by atoms with Crippen molar-refractivity contribution < 1.29 is 35.8 Å². The first-order valence-corrected chi connectivity index (χ1v) is 11.9. The van der Waals surface area contributed by atoms with E-state index in [1.807, 2.05) is 6.07 Å². The third-order valence-electron chi connectivity index (χ3n) is 6.76. The molecular weight excluding hydrogens is 544 g/mol. The lowest BCUT2D eigenvalue weighted by molar-refractivity contribution is -0.148. The minimum absolute atomic E-state index is 0.112. The van der Waals surface area contributed by atoms with Crippen LogP contribution in [0.2, 0.25) is 0 Å². The molecule has 5 aromatic rings. The van der Waals surface area contributed by atoms with Gasteiger partial charge in [0.1, 0.15) is 6.54 Å². The largest absolute Gasteiger partial charge is 0.480 e. The van der Waals surface area contributed by atoms with Gasteiger partial charge in [-0.15, -0.1) is 0 Å². The molecular formula is C25H19F6N7O2. The van der Waals surface area contributed by atoms with E-state index >= 15 is 0 Å². The van der Waals surface area contributed by atoms with Crippen LogP contribution in [0.3, 0.4) is 0 Å². The second-order valence-corrected chi connectivity index (χ2v) is 9.30. The summed E-state index contributed by atoms with van der Waals surface area (Å²) in [6.45, 7) is -1.63. The summed E-state index contributed by atoms with van der Waals surface area (Å²) in [6.07, 6.45) is -4.28. The quantitative estimate of drug-likeness (QED) is 0.255. The van der Waals surface area contributed by atoms with E-state index in [1.54, 1.807) is 16.9 Å². The van der Waals surface area contributed by atoms with Gasteiger partial charge in [-0.2, -0.15) is 41.5 Å². The monoisotopic (exact) mass is 563 g/mol. The van der Waals surface area contributed by atoms with Crippen LogP contribution in [0, 0.1) is 0 Å². The SMILES string of the molecule is COc1ncc(-c2cc(C3C[C@@H]3c3ccc4c(C(F)(F)F)nn(CC(F)(F)F)c4c3)c3nccn3n2)c(OC)n1. The fourth-order valence-electron chi connectivity index (χ4n) is 4.95. The molecule has 0 spiro atoms. The van der Waals surface area contributed by atoms with E-state index in [0.717, 1.165) is 5.56 Å². The Balaban J connectivity index is 1.40. The van der Waals surface area contributed by atoms with Crippen molar-refractivity contribution in [2.45, 2.75) is 37.2 Å². The van der Waals surface area contributed by atoms with Crippen LogP contribution < -0.4 is 9.47 Å². The van der Waals surface area contributed by atoms with Crippen molar-refractivity contribution in [2.24, 2.45) is 0 Å². The van der Waals surface area contributed by atoms with Gasteiger partial charge in [-0.3, -0.25) is 4.68 Å². The number of ether oxygens (including phenoxy) is 2. The first-order valence-electron chi connectivity index (χ1n) is 11.9. The second kappa shape index (κ2) is 9.06. The number of imidazole rings is 1. The molecule has 0 amide bonds. The van der Waals surface area contributed by atoms with Gasteiger partial charge in [-0.05, 0) is 36.0 Å². The van der Waals surface area contributed by atoms with Crippen LogP contribution in [-0.4, -0.2) is 54.7 Å². The highest BCUT2D eigenvalue weighted by atomic mass is 19.4. The molecule has 1 fully saturated rings. The summed E-state index contributed by atoms with van der Waals surface area (Å²) < 4.78 is 92.4. The molecule has 15 heteroatoms. The van der Waals surface area contributed by atoms with Gasteiger partial charge in [0.05, 0.1) is 31.0 Å². The van der Waals surface area contributed by atoms with E-state index in [2.05, 4.69) is 25.1 Å². The van der Waals surface area contributed by atoms with Crippen LogP contribution in [0.25, 0.3) is 27.8 Å². The number of halogens is 6. The molecule has 1 unspecified atom stereocenters. The Morgan fingerprint density at radius 3 is 2.48 bits per heavy atom. The smallest absolute Gasteiger partial charge is 0.435 e. The molecule has 0 aliphatic heterocycles. The number of alkyl halides is 6. The Bertz CT molecular complexity index is 1740. The zero-order chi connectivity index (χ0) is 28.4. The summed E-state index contributed by atoms with van der Waals surface area (Å²) in [5.74, 6) is -0.0472. The number of rotatable bonds is 6. The van der Waals surface area contributed by atoms with Gasteiger partial charge in [0.2, 0.25) is 5.88 Å². The van der Waals surface area contributed by atoms with Crippen molar-refractivity contribution >= 4 is 16.6 Å². The summed E-state index contributed by atoms with van der Waals surface area (Å²) in [4.78, 5) is 12.7. The lowest BCUT2D eigenvalue weighted by Gasteiger charge is -2.11. The Morgan fingerprint density at radius 1 is 0.975 bits per heavy atom. The molecule has 208 valence electrons.